The molecular weight excluding hydrogens is 1190 g/mol. The van der Waals surface area contributed by atoms with Gasteiger partial charge in [-0.3, -0.25) is 14.4 Å². The number of hydrogen-bond donors (Lipinski definition) is 6. The molecular formula is C63H93Br3O12. The van der Waals surface area contributed by atoms with Crippen molar-refractivity contribution in [1.29, 1.82) is 0 Å². The number of carbonyl (C=O) groups excluding carboxylic acids is 3. The van der Waals surface area contributed by atoms with E-state index in [2.05, 4.69) is 80.7 Å². The highest BCUT2D eigenvalue weighted by molar-refractivity contribution is 9.10. The van der Waals surface area contributed by atoms with E-state index in [0.717, 1.165) is 96.3 Å². The molecule has 28 atom stereocenters. The van der Waals surface area contributed by atoms with Crippen LogP contribution in [-0.4, -0.2) is 118 Å². The Labute approximate surface area is 489 Å². The van der Waals surface area contributed by atoms with Gasteiger partial charge in [-0.2, -0.15) is 0 Å². The summed E-state index contributed by atoms with van der Waals surface area (Å²) in [5.74, 6) is 4.42. The van der Waals surface area contributed by atoms with E-state index < -0.39 is 18.3 Å². The number of halogens is 3. The largest absolute Gasteiger partial charge is 0.461 e. The second-order valence-corrected chi connectivity index (χ2v) is 31.0. The second-order valence-electron chi connectivity index (χ2n) is 27.5. The van der Waals surface area contributed by atoms with Crippen LogP contribution in [0.25, 0.3) is 0 Å². The van der Waals surface area contributed by atoms with Crippen LogP contribution in [0.5, 0.6) is 0 Å². The van der Waals surface area contributed by atoms with Crippen LogP contribution in [0.4, 0.5) is 0 Å². The van der Waals surface area contributed by atoms with E-state index in [4.69, 9.17) is 14.2 Å². The highest BCUT2D eigenvalue weighted by Gasteiger charge is 2.63. The van der Waals surface area contributed by atoms with Crippen molar-refractivity contribution in [2.45, 2.75) is 239 Å². The maximum atomic E-state index is 11.9. The van der Waals surface area contributed by atoms with Crippen LogP contribution in [0.3, 0.4) is 0 Å². The Hall–Kier alpha value is -1.17. The highest BCUT2D eigenvalue weighted by atomic mass is 79.9. The molecule has 10 unspecified atom stereocenters. The van der Waals surface area contributed by atoms with E-state index in [1.54, 1.807) is 0 Å². The van der Waals surface area contributed by atoms with E-state index in [1.165, 1.54) is 11.1 Å². The Morgan fingerprint density at radius 3 is 1.51 bits per heavy atom. The molecule has 12 rings (SSSR count). The molecule has 9 saturated carbocycles. The van der Waals surface area contributed by atoms with Crippen molar-refractivity contribution >= 4 is 65.7 Å². The van der Waals surface area contributed by atoms with Gasteiger partial charge in [-0.05, 0) is 179 Å². The van der Waals surface area contributed by atoms with Gasteiger partial charge in [0.1, 0.15) is 18.3 Å². The zero-order chi connectivity index (χ0) is 55.9. The standard InChI is InChI=1S/C21H33BrO4.C21H31BrO4.C21H29BrO4/c3*1-3-18(25)26-20-13-4-5-15-19(14(13)10-16(20)22)17(24)9-11-8-12(23)6-7-21(11,15)2/h11-17,19-20,23-24H,3-10H2,1-2H3;9,12-17,19-20,23-24H,3-8,10H2,1-2H3;6-7,9,12-17,19-20,23-24H,3-5,8,10H2,1-2H3/t11?,12-,13-,14?,15?,16+,17-,19?,20+,21-;2*12-,13-,14?,15?,16+,17-,19?,20+,21-/m000/s1. The van der Waals surface area contributed by atoms with E-state index in [0.29, 0.717) is 97.2 Å². The van der Waals surface area contributed by atoms with Gasteiger partial charge in [-0.15, -0.1) is 0 Å². The van der Waals surface area contributed by atoms with Gasteiger partial charge in [0.15, 0.2) is 0 Å². The quantitative estimate of drug-likeness (QED) is 0.0637. The summed E-state index contributed by atoms with van der Waals surface area (Å²) in [5, 5.41) is 63.3. The Bertz CT molecular complexity index is 2290. The van der Waals surface area contributed by atoms with Gasteiger partial charge in [0.05, 0.1) is 51.1 Å². The first-order chi connectivity index (χ1) is 37.0. The molecule has 0 amide bonds. The van der Waals surface area contributed by atoms with Crippen LogP contribution in [0, 0.1) is 93.2 Å². The fourth-order valence-electron chi connectivity index (χ4n) is 20.0. The predicted molar refractivity (Wildman–Crippen MR) is 308 cm³/mol. The normalized spacial score (nSPS) is 51.1. The van der Waals surface area contributed by atoms with E-state index >= 15 is 0 Å². The molecule has 0 aromatic rings. The van der Waals surface area contributed by atoms with Crippen molar-refractivity contribution in [3.63, 3.8) is 0 Å². The minimum atomic E-state index is -0.477. The van der Waals surface area contributed by atoms with Gasteiger partial charge in [0, 0.05) is 42.4 Å². The van der Waals surface area contributed by atoms with Gasteiger partial charge in [-0.1, -0.05) is 125 Å². The van der Waals surface area contributed by atoms with E-state index in [1.807, 2.05) is 32.9 Å². The third kappa shape index (κ3) is 10.9. The molecule has 12 aliphatic rings. The Balaban J connectivity index is 0.000000132. The summed E-state index contributed by atoms with van der Waals surface area (Å²) in [6.45, 7) is 12.5. The fourth-order valence-corrected chi connectivity index (χ4v) is 22.8. The SMILES string of the molecule is CCC(=O)O[C@H]1[C@H](Br)CC2C3C(CC[C@@H]21)[C@@]1(C)C=C[C@H](O)CC1=C[C@@H]3O.CCC(=O)O[C@H]1[C@H](Br)CC2C3C(CC[C@@H]21)[C@@]1(C)CC[C@H](O)CC1=C[C@@H]3O.CCC(=O)O[C@H]1[C@H](Br)CC2C3C(CC[C@@H]21)[C@@]1(C)CC[C@H](O)CC1C[C@@H]3O. The molecule has 78 heavy (non-hydrogen) atoms. The van der Waals surface area contributed by atoms with Crippen molar-refractivity contribution < 1.29 is 59.2 Å². The lowest BCUT2D eigenvalue weighted by atomic mass is 9.46. The molecule has 0 heterocycles. The molecule has 9 fully saturated rings. The van der Waals surface area contributed by atoms with Crippen LogP contribution in [0.15, 0.2) is 35.5 Å². The first-order valence-electron chi connectivity index (χ1n) is 30.8. The zero-order valence-corrected chi connectivity index (χ0v) is 51.9. The van der Waals surface area contributed by atoms with Crippen LogP contribution in [0.2, 0.25) is 0 Å². The number of carbonyl (C=O) groups is 3. The van der Waals surface area contributed by atoms with Crippen LogP contribution >= 0.6 is 47.8 Å². The summed E-state index contributed by atoms with van der Waals surface area (Å²) in [4.78, 5) is 36.2. The molecule has 0 aromatic carbocycles. The molecule has 12 nitrogen and oxygen atoms in total. The molecule has 0 aliphatic heterocycles. The summed E-state index contributed by atoms with van der Waals surface area (Å²) in [5.41, 5.74) is 2.73. The summed E-state index contributed by atoms with van der Waals surface area (Å²) in [7, 11) is 0. The third-order valence-electron chi connectivity index (χ3n) is 23.9. The molecule has 438 valence electrons. The number of ether oxygens (including phenoxy) is 3. The highest BCUT2D eigenvalue weighted by Crippen LogP contribution is 2.66. The number of aliphatic hydroxyl groups is 6. The van der Waals surface area contributed by atoms with Crippen LogP contribution in [0.1, 0.15) is 170 Å². The Morgan fingerprint density at radius 1 is 0.526 bits per heavy atom. The smallest absolute Gasteiger partial charge is 0.305 e. The molecule has 0 aromatic heterocycles. The molecule has 0 bridgehead atoms. The van der Waals surface area contributed by atoms with Crippen LogP contribution < -0.4 is 0 Å². The number of fused-ring (bicyclic) bond motifs is 15. The lowest BCUT2D eigenvalue weighted by Gasteiger charge is -2.60. The first-order valence-corrected chi connectivity index (χ1v) is 33.5. The summed E-state index contributed by atoms with van der Waals surface area (Å²) >= 11 is 11.3. The number of aliphatic hydroxyl groups excluding tert-OH is 6. The summed E-state index contributed by atoms with van der Waals surface area (Å²) in [6.07, 6.45) is 23.3. The summed E-state index contributed by atoms with van der Waals surface area (Å²) in [6, 6.07) is 0. The maximum Gasteiger partial charge on any atom is 0.305 e. The molecule has 0 saturated heterocycles. The van der Waals surface area contributed by atoms with Crippen molar-refractivity contribution in [2.75, 3.05) is 0 Å². The van der Waals surface area contributed by atoms with E-state index in [9.17, 15) is 45.0 Å². The fraction of sp³-hybridized carbons (Fsp3) is 0.857. The Morgan fingerprint density at radius 2 is 0.987 bits per heavy atom. The van der Waals surface area contributed by atoms with Gasteiger partial charge >= 0.3 is 17.9 Å². The minimum Gasteiger partial charge on any atom is -0.461 e. The van der Waals surface area contributed by atoms with Crippen molar-refractivity contribution in [1.82, 2.24) is 0 Å². The van der Waals surface area contributed by atoms with Gasteiger partial charge < -0.3 is 44.8 Å². The molecule has 12 aliphatic carbocycles. The molecule has 15 heteroatoms. The van der Waals surface area contributed by atoms with Crippen molar-refractivity contribution in [3.8, 4) is 0 Å². The van der Waals surface area contributed by atoms with Gasteiger partial charge in [-0.25, -0.2) is 0 Å². The maximum absolute atomic E-state index is 11.9. The molecule has 0 spiro atoms. The van der Waals surface area contributed by atoms with Crippen molar-refractivity contribution in [2.24, 2.45) is 93.2 Å². The number of hydrogen-bond acceptors (Lipinski definition) is 12. The Kier molecular flexibility index (Phi) is 18.2. The average molecular weight is 1280 g/mol. The van der Waals surface area contributed by atoms with E-state index in [-0.39, 0.29) is 97.1 Å². The summed E-state index contributed by atoms with van der Waals surface area (Å²) < 4.78 is 17.4. The first kappa shape index (κ1) is 60.0. The van der Waals surface area contributed by atoms with Crippen LogP contribution in [-0.2, 0) is 28.6 Å². The third-order valence-corrected chi connectivity index (χ3v) is 26.6. The van der Waals surface area contributed by atoms with Gasteiger partial charge in [0.2, 0.25) is 0 Å². The second kappa shape index (κ2) is 23.7. The number of rotatable bonds is 6. The zero-order valence-electron chi connectivity index (χ0n) is 47.2. The average Bonchev–Trinajstić information content (AvgIpc) is 4.10. The monoisotopic (exact) mass is 1280 g/mol. The lowest BCUT2D eigenvalue weighted by Crippen LogP contribution is -2.57. The lowest BCUT2D eigenvalue weighted by molar-refractivity contribution is -0.167. The number of allylic oxidation sites excluding steroid dienone is 1. The topological polar surface area (TPSA) is 200 Å². The molecule has 0 radical (unpaired) electrons. The van der Waals surface area contributed by atoms with Crippen molar-refractivity contribution in [3.05, 3.63) is 35.5 Å². The number of alkyl halides is 3. The molecule has 6 N–H and O–H groups in total. The number of esters is 3. The predicted octanol–water partition coefficient (Wildman–Crippen LogP) is 10.6. The van der Waals surface area contributed by atoms with Gasteiger partial charge in [0.25, 0.3) is 0 Å². The minimum absolute atomic E-state index is 0.0423.